The molecule has 6 heteroatoms. The fraction of sp³-hybridized carbons (Fsp3) is 0.889. The molecule has 1 heterocycles. The summed E-state index contributed by atoms with van der Waals surface area (Å²) in [7, 11) is 0. The first-order chi connectivity index (χ1) is 6.79. The van der Waals surface area contributed by atoms with Crippen LogP contribution in [0.5, 0.6) is 0 Å². The molecule has 1 N–H and O–H groups in total. The standard InChI is InChI=1S/C7H15N.C2HF3O2/c1-3-8-6-4-5-7(8)2;3-2(4,5)1(6)7/h7H,3-6H2,1-2H3;(H,6,7). The Bertz CT molecular complexity index is 206. The minimum Gasteiger partial charge on any atom is -0.475 e. The highest BCUT2D eigenvalue weighted by atomic mass is 19.4. The van der Waals surface area contributed by atoms with Gasteiger partial charge in [0.2, 0.25) is 0 Å². The number of rotatable bonds is 1. The van der Waals surface area contributed by atoms with Crippen molar-refractivity contribution in [3.05, 3.63) is 0 Å². The van der Waals surface area contributed by atoms with E-state index in [1.807, 2.05) is 0 Å². The number of halogens is 3. The predicted octanol–water partition coefficient (Wildman–Crippen LogP) is 2.12. The largest absolute Gasteiger partial charge is 0.490 e. The second-order valence-electron chi connectivity index (χ2n) is 3.42. The molecule has 1 fully saturated rings. The van der Waals surface area contributed by atoms with Gasteiger partial charge in [-0.3, -0.25) is 0 Å². The van der Waals surface area contributed by atoms with Crippen molar-refractivity contribution in [2.45, 2.75) is 38.9 Å². The van der Waals surface area contributed by atoms with Crippen molar-refractivity contribution in [3.8, 4) is 0 Å². The summed E-state index contributed by atoms with van der Waals surface area (Å²) in [5, 5.41) is 7.12. The molecule has 1 rings (SSSR count). The summed E-state index contributed by atoms with van der Waals surface area (Å²) in [5.41, 5.74) is 0. The summed E-state index contributed by atoms with van der Waals surface area (Å²) in [6, 6.07) is 0.861. The van der Waals surface area contributed by atoms with Crippen LogP contribution in [0.2, 0.25) is 0 Å². The number of hydrogen-bond donors (Lipinski definition) is 1. The molecule has 0 aromatic heterocycles. The quantitative estimate of drug-likeness (QED) is 0.746. The number of carboxylic acids is 1. The molecule has 0 amide bonds. The topological polar surface area (TPSA) is 40.5 Å². The van der Waals surface area contributed by atoms with E-state index >= 15 is 0 Å². The Morgan fingerprint density at radius 3 is 2.13 bits per heavy atom. The SMILES string of the molecule is CCN1CCCC1C.O=C(O)C(F)(F)F. The van der Waals surface area contributed by atoms with Gasteiger partial charge < -0.3 is 10.0 Å². The molecule has 0 aliphatic carbocycles. The van der Waals surface area contributed by atoms with E-state index in [1.54, 1.807) is 0 Å². The van der Waals surface area contributed by atoms with E-state index in [1.165, 1.54) is 25.9 Å². The van der Waals surface area contributed by atoms with Crippen LogP contribution in [0.25, 0.3) is 0 Å². The van der Waals surface area contributed by atoms with Crippen LogP contribution in [0.15, 0.2) is 0 Å². The van der Waals surface area contributed by atoms with E-state index in [9.17, 15) is 13.2 Å². The number of alkyl halides is 3. The smallest absolute Gasteiger partial charge is 0.475 e. The number of aliphatic carboxylic acids is 1. The zero-order valence-electron chi connectivity index (χ0n) is 8.84. The number of carboxylic acid groups (broad SMARTS) is 1. The molecule has 3 nitrogen and oxygen atoms in total. The molecule has 1 aliphatic heterocycles. The van der Waals surface area contributed by atoms with Crippen molar-refractivity contribution < 1.29 is 23.1 Å². The third-order valence-corrected chi connectivity index (χ3v) is 2.34. The van der Waals surface area contributed by atoms with Gasteiger partial charge >= 0.3 is 12.1 Å². The molecule has 0 spiro atoms. The number of carbonyl (C=O) groups is 1. The van der Waals surface area contributed by atoms with E-state index in [0.29, 0.717) is 0 Å². The van der Waals surface area contributed by atoms with E-state index in [2.05, 4.69) is 18.7 Å². The molecular weight excluding hydrogens is 211 g/mol. The van der Waals surface area contributed by atoms with Crippen molar-refractivity contribution in [3.63, 3.8) is 0 Å². The summed E-state index contributed by atoms with van der Waals surface area (Å²) >= 11 is 0. The molecule has 1 aliphatic rings. The van der Waals surface area contributed by atoms with Crippen LogP contribution < -0.4 is 0 Å². The highest BCUT2D eigenvalue weighted by Gasteiger charge is 2.38. The molecule has 1 unspecified atom stereocenters. The maximum Gasteiger partial charge on any atom is 0.490 e. The van der Waals surface area contributed by atoms with Crippen LogP contribution in [-0.2, 0) is 4.79 Å². The minimum absolute atomic E-state index is 0.861. The van der Waals surface area contributed by atoms with Crippen LogP contribution in [0.3, 0.4) is 0 Å². The Kier molecular flexibility index (Phi) is 5.64. The average molecular weight is 227 g/mol. The van der Waals surface area contributed by atoms with Gasteiger partial charge in [0.1, 0.15) is 0 Å². The van der Waals surface area contributed by atoms with Gasteiger partial charge in [0.25, 0.3) is 0 Å². The molecule has 0 aromatic carbocycles. The van der Waals surface area contributed by atoms with E-state index in [4.69, 9.17) is 9.90 Å². The average Bonchev–Trinajstić information content (AvgIpc) is 2.50. The van der Waals surface area contributed by atoms with Crippen molar-refractivity contribution in [2.24, 2.45) is 0 Å². The number of nitrogens with zero attached hydrogens (tertiary/aromatic N) is 1. The maximum absolute atomic E-state index is 10.6. The van der Waals surface area contributed by atoms with Crippen molar-refractivity contribution in [2.75, 3.05) is 13.1 Å². The summed E-state index contributed by atoms with van der Waals surface area (Å²) in [5.74, 6) is -2.76. The molecule has 90 valence electrons. The second-order valence-corrected chi connectivity index (χ2v) is 3.42. The van der Waals surface area contributed by atoms with E-state index < -0.39 is 12.1 Å². The van der Waals surface area contributed by atoms with Crippen LogP contribution in [0.1, 0.15) is 26.7 Å². The fourth-order valence-corrected chi connectivity index (χ4v) is 1.46. The lowest BCUT2D eigenvalue weighted by atomic mass is 10.2. The number of hydrogen-bond acceptors (Lipinski definition) is 2. The Hall–Kier alpha value is -0.780. The Morgan fingerprint density at radius 2 is 2.00 bits per heavy atom. The third kappa shape index (κ3) is 5.61. The van der Waals surface area contributed by atoms with Crippen LogP contribution in [-0.4, -0.2) is 41.3 Å². The number of likely N-dealkylation sites (tertiary alicyclic amines) is 1. The monoisotopic (exact) mass is 227 g/mol. The zero-order chi connectivity index (χ0) is 12.1. The van der Waals surface area contributed by atoms with Gasteiger partial charge in [-0.25, -0.2) is 4.79 Å². The van der Waals surface area contributed by atoms with Gasteiger partial charge in [-0.05, 0) is 32.9 Å². The molecule has 0 radical (unpaired) electrons. The lowest BCUT2D eigenvalue weighted by molar-refractivity contribution is -0.192. The second kappa shape index (κ2) is 5.95. The summed E-state index contributed by atoms with van der Waals surface area (Å²) in [6.45, 7) is 7.12. The molecule has 15 heavy (non-hydrogen) atoms. The van der Waals surface area contributed by atoms with Crippen LogP contribution >= 0.6 is 0 Å². The molecule has 0 saturated carbocycles. The van der Waals surface area contributed by atoms with Crippen LogP contribution in [0, 0.1) is 0 Å². The van der Waals surface area contributed by atoms with E-state index in [-0.39, 0.29) is 0 Å². The molecule has 0 aromatic rings. The maximum atomic E-state index is 10.6. The zero-order valence-corrected chi connectivity index (χ0v) is 8.84. The van der Waals surface area contributed by atoms with Crippen molar-refractivity contribution >= 4 is 5.97 Å². The van der Waals surface area contributed by atoms with Gasteiger partial charge in [0.05, 0.1) is 0 Å². The lowest BCUT2D eigenvalue weighted by Crippen LogP contribution is -2.25. The lowest BCUT2D eigenvalue weighted by Gasteiger charge is -2.17. The van der Waals surface area contributed by atoms with Gasteiger partial charge in [0, 0.05) is 6.04 Å². The highest BCUT2D eigenvalue weighted by Crippen LogP contribution is 2.14. The summed E-state index contributed by atoms with van der Waals surface area (Å²) in [6.07, 6.45) is -2.26. The van der Waals surface area contributed by atoms with E-state index in [0.717, 1.165) is 6.04 Å². The fourth-order valence-electron chi connectivity index (χ4n) is 1.46. The Morgan fingerprint density at radius 1 is 1.53 bits per heavy atom. The third-order valence-electron chi connectivity index (χ3n) is 2.34. The molecule has 1 saturated heterocycles. The van der Waals surface area contributed by atoms with Gasteiger partial charge in [-0.15, -0.1) is 0 Å². The first kappa shape index (κ1) is 14.2. The summed E-state index contributed by atoms with van der Waals surface area (Å²) < 4.78 is 31.7. The minimum atomic E-state index is -5.08. The Balaban J connectivity index is 0.000000265. The van der Waals surface area contributed by atoms with Gasteiger partial charge in [0.15, 0.2) is 0 Å². The molecular formula is C9H16F3NO2. The molecule has 0 bridgehead atoms. The molecule has 1 atom stereocenters. The highest BCUT2D eigenvalue weighted by molar-refractivity contribution is 5.73. The van der Waals surface area contributed by atoms with Crippen molar-refractivity contribution in [1.82, 2.24) is 4.90 Å². The summed E-state index contributed by atoms with van der Waals surface area (Å²) in [4.78, 5) is 11.4. The first-order valence-corrected chi connectivity index (χ1v) is 4.83. The van der Waals surface area contributed by atoms with Gasteiger partial charge in [-0.2, -0.15) is 13.2 Å². The Labute approximate surface area is 86.9 Å². The normalized spacial score (nSPS) is 22.1. The van der Waals surface area contributed by atoms with Crippen LogP contribution in [0.4, 0.5) is 13.2 Å². The van der Waals surface area contributed by atoms with Gasteiger partial charge in [-0.1, -0.05) is 6.92 Å². The predicted molar refractivity (Wildman–Crippen MR) is 49.6 cm³/mol. The van der Waals surface area contributed by atoms with Crippen molar-refractivity contribution in [1.29, 1.82) is 0 Å². The first-order valence-electron chi connectivity index (χ1n) is 4.83.